The van der Waals surface area contributed by atoms with Crippen molar-refractivity contribution < 1.29 is 10.2 Å². The fraction of sp³-hybridized carbons (Fsp3) is 0.294. The van der Waals surface area contributed by atoms with Gasteiger partial charge in [0.2, 0.25) is 0 Å². The van der Waals surface area contributed by atoms with Gasteiger partial charge in [-0.25, -0.2) is 0 Å². The highest BCUT2D eigenvalue weighted by molar-refractivity contribution is 5.48. The maximum atomic E-state index is 10.3. The minimum Gasteiger partial charge on any atom is -0.508 e. The maximum absolute atomic E-state index is 10.3. The number of aryl methyl sites for hydroxylation is 1. The van der Waals surface area contributed by atoms with Crippen LogP contribution < -0.4 is 4.90 Å². The Morgan fingerprint density at radius 1 is 1.05 bits per heavy atom. The molecule has 2 aromatic rings. The Hall–Kier alpha value is -2.00. The molecule has 0 amide bonds. The van der Waals surface area contributed by atoms with Gasteiger partial charge in [-0.3, -0.25) is 0 Å². The van der Waals surface area contributed by atoms with Crippen molar-refractivity contribution in [3.63, 3.8) is 0 Å². The largest absolute Gasteiger partial charge is 0.508 e. The molecule has 0 spiro atoms. The van der Waals surface area contributed by atoms with Crippen LogP contribution in [-0.4, -0.2) is 23.8 Å². The first-order valence-electron chi connectivity index (χ1n) is 6.81. The highest BCUT2D eigenvalue weighted by Gasteiger charge is 2.11. The molecule has 3 heteroatoms. The number of rotatable bonds is 5. The molecule has 0 saturated heterocycles. The highest BCUT2D eigenvalue weighted by Crippen LogP contribution is 2.22. The van der Waals surface area contributed by atoms with E-state index in [9.17, 15) is 10.2 Å². The summed E-state index contributed by atoms with van der Waals surface area (Å²) in [4.78, 5) is 2.07. The lowest BCUT2D eigenvalue weighted by Crippen LogP contribution is -2.20. The normalized spacial score (nSPS) is 12.2. The Morgan fingerprint density at radius 3 is 2.35 bits per heavy atom. The van der Waals surface area contributed by atoms with Crippen molar-refractivity contribution in [3.05, 3.63) is 59.7 Å². The zero-order chi connectivity index (χ0) is 14.5. The van der Waals surface area contributed by atoms with Crippen molar-refractivity contribution in [3.8, 4) is 5.75 Å². The minimum absolute atomic E-state index is 0.266. The number of hydrogen-bond acceptors (Lipinski definition) is 3. The molecule has 0 aliphatic carbocycles. The SMILES string of the molecule is Cc1ccccc1C(O)CCN(C)c1ccc(O)cc1. The van der Waals surface area contributed by atoms with Crippen molar-refractivity contribution in [2.24, 2.45) is 0 Å². The summed E-state index contributed by atoms with van der Waals surface area (Å²) in [7, 11) is 1.98. The van der Waals surface area contributed by atoms with Gasteiger partial charge in [-0.2, -0.15) is 0 Å². The predicted molar refractivity (Wildman–Crippen MR) is 82.1 cm³/mol. The molecule has 0 aliphatic heterocycles. The second-order valence-corrected chi connectivity index (χ2v) is 5.10. The van der Waals surface area contributed by atoms with E-state index in [1.54, 1.807) is 12.1 Å². The molecule has 1 unspecified atom stereocenters. The van der Waals surface area contributed by atoms with Crippen molar-refractivity contribution in [1.29, 1.82) is 0 Å². The molecule has 106 valence electrons. The predicted octanol–water partition coefficient (Wildman–Crippen LogP) is 3.26. The number of benzene rings is 2. The van der Waals surface area contributed by atoms with E-state index in [-0.39, 0.29) is 5.75 Å². The van der Waals surface area contributed by atoms with Crippen LogP contribution in [-0.2, 0) is 0 Å². The lowest BCUT2D eigenvalue weighted by molar-refractivity contribution is 0.169. The zero-order valence-corrected chi connectivity index (χ0v) is 12.0. The van der Waals surface area contributed by atoms with Gasteiger partial charge in [-0.15, -0.1) is 0 Å². The van der Waals surface area contributed by atoms with Crippen LogP contribution in [0.1, 0.15) is 23.7 Å². The average Bonchev–Trinajstić information content (AvgIpc) is 2.45. The van der Waals surface area contributed by atoms with E-state index in [2.05, 4.69) is 4.90 Å². The first kappa shape index (κ1) is 14.4. The number of anilines is 1. The number of phenolic OH excluding ortho intramolecular Hbond substituents is 1. The van der Waals surface area contributed by atoms with Crippen LogP contribution in [0, 0.1) is 6.92 Å². The van der Waals surface area contributed by atoms with Gasteiger partial charge in [0.1, 0.15) is 5.75 Å². The van der Waals surface area contributed by atoms with E-state index in [1.165, 1.54) is 0 Å². The minimum atomic E-state index is -0.448. The van der Waals surface area contributed by atoms with Crippen molar-refractivity contribution in [2.45, 2.75) is 19.4 Å². The van der Waals surface area contributed by atoms with Crippen molar-refractivity contribution in [2.75, 3.05) is 18.5 Å². The monoisotopic (exact) mass is 271 g/mol. The number of nitrogens with zero attached hydrogens (tertiary/aromatic N) is 1. The molecule has 2 aromatic carbocycles. The molecule has 0 radical (unpaired) electrons. The smallest absolute Gasteiger partial charge is 0.115 e. The molecule has 0 aromatic heterocycles. The summed E-state index contributed by atoms with van der Waals surface area (Å²) in [6.45, 7) is 2.77. The third-order valence-corrected chi connectivity index (χ3v) is 3.58. The average molecular weight is 271 g/mol. The van der Waals surface area contributed by atoms with E-state index in [0.29, 0.717) is 6.42 Å². The molecule has 0 heterocycles. The Morgan fingerprint density at radius 2 is 1.70 bits per heavy atom. The van der Waals surface area contributed by atoms with E-state index in [1.807, 2.05) is 50.4 Å². The van der Waals surface area contributed by atoms with Gasteiger partial charge in [0.25, 0.3) is 0 Å². The Kier molecular flexibility index (Phi) is 4.64. The van der Waals surface area contributed by atoms with Crippen molar-refractivity contribution in [1.82, 2.24) is 0 Å². The van der Waals surface area contributed by atoms with Crippen LogP contribution in [0.3, 0.4) is 0 Å². The number of aliphatic hydroxyl groups is 1. The van der Waals surface area contributed by atoms with Crippen LogP contribution in [0.2, 0.25) is 0 Å². The van der Waals surface area contributed by atoms with E-state index < -0.39 is 6.10 Å². The summed E-state index contributed by atoms with van der Waals surface area (Å²) in [6, 6.07) is 15.0. The Bertz CT molecular complexity index is 551. The second kappa shape index (κ2) is 6.44. The van der Waals surface area contributed by atoms with Gasteiger partial charge < -0.3 is 15.1 Å². The summed E-state index contributed by atoms with van der Waals surface area (Å²) < 4.78 is 0. The molecule has 0 bridgehead atoms. The Balaban J connectivity index is 1.95. The van der Waals surface area contributed by atoms with Crippen LogP contribution in [0.15, 0.2) is 48.5 Å². The summed E-state index contributed by atoms with van der Waals surface area (Å²) in [5, 5.41) is 19.6. The molecule has 0 fully saturated rings. The Labute approximate surface area is 120 Å². The first-order chi connectivity index (χ1) is 9.58. The number of phenols is 1. The van der Waals surface area contributed by atoms with Crippen molar-refractivity contribution >= 4 is 5.69 Å². The molecular formula is C17H21NO2. The summed E-state index contributed by atoms with van der Waals surface area (Å²) >= 11 is 0. The molecule has 1 atom stereocenters. The van der Waals surface area contributed by atoms with Gasteiger partial charge in [-0.05, 0) is 48.7 Å². The maximum Gasteiger partial charge on any atom is 0.115 e. The van der Waals surface area contributed by atoms with Crippen LogP contribution >= 0.6 is 0 Å². The summed E-state index contributed by atoms with van der Waals surface area (Å²) in [6.07, 6.45) is 0.221. The lowest BCUT2D eigenvalue weighted by Gasteiger charge is -2.22. The fourth-order valence-corrected chi connectivity index (χ4v) is 2.27. The van der Waals surface area contributed by atoms with Gasteiger partial charge in [-0.1, -0.05) is 24.3 Å². The first-order valence-corrected chi connectivity index (χ1v) is 6.81. The van der Waals surface area contributed by atoms with Gasteiger partial charge in [0, 0.05) is 19.3 Å². The molecule has 0 aliphatic rings. The fourth-order valence-electron chi connectivity index (χ4n) is 2.27. The topological polar surface area (TPSA) is 43.7 Å². The number of hydrogen-bond donors (Lipinski definition) is 2. The molecule has 2 rings (SSSR count). The third-order valence-electron chi connectivity index (χ3n) is 3.58. The second-order valence-electron chi connectivity index (χ2n) is 5.10. The zero-order valence-electron chi connectivity index (χ0n) is 12.0. The van der Waals surface area contributed by atoms with Gasteiger partial charge >= 0.3 is 0 Å². The highest BCUT2D eigenvalue weighted by atomic mass is 16.3. The molecule has 2 N–H and O–H groups in total. The molecule has 0 saturated carbocycles. The third kappa shape index (κ3) is 3.52. The van der Waals surface area contributed by atoms with E-state index in [4.69, 9.17) is 0 Å². The molecular weight excluding hydrogens is 250 g/mol. The van der Waals surface area contributed by atoms with E-state index >= 15 is 0 Å². The van der Waals surface area contributed by atoms with Gasteiger partial charge in [0.05, 0.1) is 6.10 Å². The number of aliphatic hydroxyl groups excluding tert-OH is 1. The number of aromatic hydroxyl groups is 1. The van der Waals surface area contributed by atoms with Crippen LogP contribution in [0.25, 0.3) is 0 Å². The molecule has 3 nitrogen and oxygen atoms in total. The lowest BCUT2D eigenvalue weighted by atomic mass is 10.0. The van der Waals surface area contributed by atoms with Crippen LogP contribution in [0.5, 0.6) is 5.75 Å². The van der Waals surface area contributed by atoms with Crippen LogP contribution in [0.4, 0.5) is 5.69 Å². The van der Waals surface area contributed by atoms with Gasteiger partial charge in [0.15, 0.2) is 0 Å². The van der Waals surface area contributed by atoms with E-state index in [0.717, 1.165) is 23.4 Å². The molecule has 20 heavy (non-hydrogen) atoms. The summed E-state index contributed by atoms with van der Waals surface area (Å²) in [5.41, 5.74) is 3.14. The standard InChI is InChI=1S/C17H21NO2/c1-13-5-3-4-6-16(13)17(20)11-12-18(2)14-7-9-15(19)10-8-14/h3-10,17,19-20H,11-12H2,1-2H3. The quantitative estimate of drug-likeness (QED) is 0.877. The summed E-state index contributed by atoms with van der Waals surface area (Å²) in [5.74, 6) is 0.266.